The summed E-state index contributed by atoms with van der Waals surface area (Å²) in [6, 6.07) is 9.53. The van der Waals surface area contributed by atoms with Gasteiger partial charge in [0.2, 0.25) is 0 Å². The van der Waals surface area contributed by atoms with Gasteiger partial charge in [0.25, 0.3) is 15.9 Å². The third kappa shape index (κ3) is 5.97. The number of carbonyl (C=O) groups excluding carboxylic acids is 2. The van der Waals surface area contributed by atoms with E-state index < -0.39 is 21.7 Å². The van der Waals surface area contributed by atoms with Crippen molar-refractivity contribution in [3.05, 3.63) is 46.3 Å². The molecule has 8 nitrogen and oxygen atoms in total. The maximum absolute atomic E-state index is 12.8. The van der Waals surface area contributed by atoms with Gasteiger partial charge in [-0.2, -0.15) is 4.31 Å². The lowest BCUT2D eigenvalue weighted by molar-refractivity contribution is 0.0635. The van der Waals surface area contributed by atoms with E-state index in [0.29, 0.717) is 15.6 Å². The summed E-state index contributed by atoms with van der Waals surface area (Å²) < 4.78 is 32.6. The summed E-state index contributed by atoms with van der Waals surface area (Å²) in [4.78, 5) is 26.2. The molecular weight excluding hydrogens is 462 g/mol. The highest BCUT2D eigenvalue weighted by Crippen LogP contribution is 2.28. The van der Waals surface area contributed by atoms with Gasteiger partial charge in [0.15, 0.2) is 0 Å². The normalized spacial score (nSPS) is 15.5. The molecule has 3 rings (SSSR count). The molecule has 0 spiro atoms. The van der Waals surface area contributed by atoms with Gasteiger partial charge >= 0.3 is 6.09 Å². The van der Waals surface area contributed by atoms with Crippen molar-refractivity contribution >= 4 is 50.6 Å². The van der Waals surface area contributed by atoms with Crippen LogP contribution in [-0.4, -0.2) is 61.4 Å². The highest BCUT2D eigenvalue weighted by Gasteiger charge is 2.31. The maximum Gasteiger partial charge on any atom is 0.412 e. The lowest BCUT2D eigenvalue weighted by Gasteiger charge is -2.33. The monoisotopic (exact) mass is 485 g/mol. The molecule has 1 aromatic heterocycles. The molecule has 2 amide bonds. The number of halogens is 1. The average molecular weight is 486 g/mol. The summed E-state index contributed by atoms with van der Waals surface area (Å²) in [6.45, 7) is 6.31. The number of hydrogen-bond donors (Lipinski definition) is 1. The number of carbonyl (C=O) groups is 2. The highest BCUT2D eigenvalue weighted by atomic mass is 35.5. The molecule has 0 bridgehead atoms. The molecule has 168 valence electrons. The topological polar surface area (TPSA) is 96.0 Å². The number of amides is 2. The summed E-state index contributed by atoms with van der Waals surface area (Å²) in [7, 11) is -3.61. The van der Waals surface area contributed by atoms with Gasteiger partial charge in [-0.1, -0.05) is 11.6 Å². The minimum atomic E-state index is -3.61. The second-order valence-electron chi connectivity index (χ2n) is 7.96. The summed E-state index contributed by atoms with van der Waals surface area (Å²) in [5.41, 5.74) is 0.359. The molecular formula is C20H24ClN3O5S2. The van der Waals surface area contributed by atoms with Gasteiger partial charge in [0.1, 0.15) is 9.81 Å². The Kier molecular flexibility index (Phi) is 6.95. The molecule has 0 radical (unpaired) electrons. The van der Waals surface area contributed by atoms with Crippen LogP contribution >= 0.6 is 22.9 Å². The first-order valence-corrected chi connectivity index (χ1v) is 12.2. The molecule has 1 N–H and O–H groups in total. The van der Waals surface area contributed by atoms with Crippen molar-refractivity contribution in [3.8, 4) is 0 Å². The SMILES string of the molecule is CC(C)(C)OC(=O)Nc1ccc(C(=O)N2CCN(S(=O)(=O)c3ccc(Cl)s3)CC2)cc1. The third-order valence-electron chi connectivity index (χ3n) is 4.45. The number of sulfonamides is 1. The second kappa shape index (κ2) is 9.15. The van der Waals surface area contributed by atoms with Crippen LogP contribution < -0.4 is 5.32 Å². The van der Waals surface area contributed by atoms with Crippen molar-refractivity contribution in [3.63, 3.8) is 0 Å². The Morgan fingerprint density at radius 3 is 2.16 bits per heavy atom. The Hall–Kier alpha value is -2.14. The lowest BCUT2D eigenvalue weighted by Crippen LogP contribution is -2.50. The zero-order chi connectivity index (χ0) is 22.8. The summed E-state index contributed by atoms with van der Waals surface area (Å²) in [6.07, 6.45) is -0.573. The van der Waals surface area contributed by atoms with Crippen LogP contribution in [-0.2, 0) is 14.8 Å². The van der Waals surface area contributed by atoms with E-state index in [4.69, 9.17) is 16.3 Å². The Bertz CT molecular complexity index is 1050. The van der Waals surface area contributed by atoms with Crippen molar-refractivity contribution in [2.45, 2.75) is 30.6 Å². The van der Waals surface area contributed by atoms with Crippen molar-refractivity contribution in [1.82, 2.24) is 9.21 Å². The Labute approximate surface area is 190 Å². The second-order valence-corrected chi connectivity index (χ2v) is 11.8. The molecule has 1 saturated heterocycles. The standard InChI is InChI=1S/C20H24ClN3O5S2/c1-20(2,3)29-19(26)22-15-6-4-14(5-7-15)18(25)23-10-12-24(13-11-23)31(27,28)17-9-8-16(21)30-17/h4-9H,10-13H2,1-3H3,(H,22,26). The molecule has 0 saturated carbocycles. The number of nitrogens with one attached hydrogen (secondary N) is 1. The van der Waals surface area contributed by atoms with E-state index in [9.17, 15) is 18.0 Å². The van der Waals surface area contributed by atoms with E-state index >= 15 is 0 Å². The van der Waals surface area contributed by atoms with E-state index in [0.717, 1.165) is 11.3 Å². The van der Waals surface area contributed by atoms with E-state index in [1.165, 1.54) is 10.4 Å². The molecule has 1 aliphatic rings. The lowest BCUT2D eigenvalue weighted by atomic mass is 10.1. The highest BCUT2D eigenvalue weighted by molar-refractivity contribution is 7.91. The molecule has 1 aromatic carbocycles. The van der Waals surface area contributed by atoms with E-state index in [2.05, 4.69) is 5.32 Å². The molecule has 0 atom stereocenters. The number of anilines is 1. The number of nitrogens with zero attached hydrogens (tertiary/aromatic N) is 2. The van der Waals surface area contributed by atoms with Crippen molar-refractivity contribution < 1.29 is 22.7 Å². The minimum Gasteiger partial charge on any atom is -0.444 e. The Balaban J connectivity index is 1.57. The fourth-order valence-electron chi connectivity index (χ4n) is 3.00. The Morgan fingerprint density at radius 2 is 1.65 bits per heavy atom. The van der Waals surface area contributed by atoms with Gasteiger partial charge in [-0.05, 0) is 57.2 Å². The Morgan fingerprint density at radius 1 is 1.03 bits per heavy atom. The molecule has 1 aliphatic heterocycles. The van der Waals surface area contributed by atoms with Crippen LogP contribution in [0.1, 0.15) is 31.1 Å². The molecule has 1 fully saturated rings. The van der Waals surface area contributed by atoms with Crippen LogP contribution in [0.3, 0.4) is 0 Å². The first kappa shape index (κ1) is 23.5. The number of piperazine rings is 1. The smallest absolute Gasteiger partial charge is 0.412 e. The molecule has 0 unspecified atom stereocenters. The van der Waals surface area contributed by atoms with Gasteiger partial charge in [0.05, 0.1) is 4.34 Å². The molecule has 2 aromatic rings. The summed E-state index contributed by atoms with van der Waals surface area (Å²) in [5, 5.41) is 2.62. The predicted molar refractivity (Wildman–Crippen MR) is 120 cm³/mol. The van der Waals surface area contributed by atoms with Crippen molar-refractivity contribution in [1.29, 1.82) is 0 Å². The number of ether oxygens (including phenoxy) is 1. The number of benzene rings is 1. The van der Waals surface area contributed by atoms with Crippen LogP contribution in [0.15, 0.2) is 40.6 Å². The molecule has 2 heterocycles. The molecule has 11 heteroatoms. The van der Waals surface area contributed by atoms with Crippen molar-refractivity contribution in [2.24, 2.45) is 0 Å². The fraction of sp³-hybridized carbons (Fsp3) is 0.400. The van der Waals surface area contributed by atoms with E-state index in [-0.39, 0.29) is 36.3 Å². The van der Waals surface area contributed by atoms with Crippen molar-refractivity contribution in [2.75, 3.05) is 31.5 Å². The van der Waals surface area contributed by atoms with Gasteiger partial charge in [0, 0.05) is 37.4 Å². The number of hydrogen-bond acceptors (Lipinski definition) is 6. The van der Waals surface area contributed by atoms with Crippen LogP contribution in [0.5, 0.6) is 0 Å². The fourth-order valence-corrected chi connectivity index (χ4v) is 6.05. The molecule has 31 heavy (non-hydrogen) atoms. The third-order valence-corrected chi connectivity index (χ3v) is 8.04. The van der Waals surface area contributed by atoms with E-state index in [1.807, 2.05) is 0 Å². The van der Waals surface area contributed by atoms with Crippen LogP contribution in [0.2, 0.25) is 4.34 Å². The predicted octanol–water partition coefficient (Wildman–Crippen LogP) is 3.90. The first-order valence-electron chi connectivity index (χ1n) is 9.60. The quantitative estimate of drug-likeness (QED) is 0.708. The summed E-state index contributed by atoms with van der Waals surface area (Å²) >= 11 is 6.87. The van der Waals surface area contributed by atoms with Crippen LogP contribution in [0.4, 0.5) is 10.5 Å². The maximum atomic E-state index is 12.8. The van der Waals surface area contributed by atoms with Gasteiger partial charge in [-0.25, -0.2) is 13.2 Å². The summed E-state index contributed by atoms with van der Waals surface area (Å²) in [5.74, 6) is -0.194. The number of rotatable bonds is 4. The van der Waals surface area contributed by atoms with Gasteiger partial charge in [-0.3, -0.25) is 10.1 Å². The minimum absolute atomic E-state index is 0.194. The zero-order valence-corrected chi connectivity index (χ0v) is 19.8. The largest absolute Gasteiger partial charge is 0.444 e. The van der Waals surface area contributed by atoms with Crippen LogP contribution in [0, 0.1) is 0 Å². The van der Waals surface area contributed by atoms with Gasteiger partial charge in [-0.15, -0.1) is 11.3 Å². The first-order chi connectivity index (χ1) is 14.5. The zero-order valence-electron chi connectivity index (χ0n) is 17.4. The molecule has 0 aliphatic carbocycles. The van der Waals surface area contributed by atoms with Crippen LogP contribution in [0.25, 0.3) is 0 Å². The van der Waals surface area contributed by atoms with E-state index in [1.54, 1.807) is 56.0 Å². The number of thiophene rings is 1. The average Bonchev–Trinajstić information content (AvgIpc) is 3.14. The van der Waals surface area contributed by atoms with Gasteiger partial charge < -0.3 is 9.64 Å².